The molecule has 0 spiro atoms. The van der Waals surface area contributed by atoms with Gasteiger partial charge in [-0.1, -0.05) is 29.8 Å². The van der Waals surface area contributed by atoms with E-state index in [4.69, 9.17) is 22.2 Å². The highest BCUT2D eigenvalue weighted by Crippen LogP contribution is 2.30. The van der Waals surface area contributed by atoms with Crippen molar-refractivity contribution < 1.29 is 9.53 Å². The fourth-order valence-electron chi connectivity index (χ4n) is 1.80. The lowest BCUT2D eigenvalue weighted by atomic mass is 10.2. The summed E-state index contributed by atoms with van der Waals surface area (Å²) in [7, 11) is 0. The van der Waals surface area contributed by atoms with Crippen LogP contribution in [0.2, 0.25) is 5.02 Å². The molecule has 0 saturated heterocycles. The highest BCUT2D eigenvalue weighted by molar-refractivity contribution is 14.1. The average Bonchev–Trinajstić information content (AvgIpc) is 2.53. The fraction of sp³-hybridized carbons (Fsp3) is 0.0625. The molecule has 120 valence electrons. The van der Waals surface area contributed by atoms with Gasteiger partial charge in [-0.25, -0.2) is 5.84 Å². The van der Waals surface area contributed by atoms with E-state index >= 15 is 0 Å². The number of halogens is 3. The number of hydrogen-bond acceptors (Lipinski definition) is 3. The van der Waals surface area contributed by atoms with Gasteiger partial charge in [0.15, 0.2) is 0 Å². The Labute approximate surface area is 166 Å². The van der Waals surface area contributed by atoms with E-state index in [9.17, 15) is 4.79 Å². The standard InChI is InChI=1S/C16H13ClI2N2O2/c17-12-4-2-1-3-11(12)9-23-16-13(18)7-10(8-14(16)19)5-6-15(22)21-20/h1-8H,9,20H2,(H,21,22)/b6-5+. The van der Waals surface area contributed by atoms with Crippen LogP contribution in [0.5, 0.6) is 5.75 Å². The van der Waals surface area contributed by atoms with Gasteiger partial charge in [-0.3, -0.25) is 10.2 Å². The minimum atomic E-state index is -0.353. The van der Waals surface area contributed by atoms with E-state index in [1.54, 1.807) is 6.08 Å². The largest absolute Gasteiger partial charge is 0.487 e. The summed E-state index contributed by atoms with van der Waals surface area (Å²) in [5, 5.41) is 0.685. The number of amides is 1. The maximum atomic E-state index is 11.1. The lowest BCUT2D eigenvalue weighted by Crippen LogP contribution is -2.27. The molecular formula is C16H13ClI2N2O2. The normalized spacial score (nSPS) is 10.8. The highest BCUT2D eigenvalue weighted by Gasteiger charge is 2.09. The van der Waals surface area contributed by atoms with Gasteiger partial charge in [0.05, 0.1) is 7.14 Å². The molecule has 3 N–H and O–H groups in total. The topological polar surface area (TPSA) is 64.3 Å². The number of ether oxygens (including phenoxy) is 1. The van der Waals surface area contributed by atoms with E-state index < -0.39 is 0 Å². The third kappa shape index (κ3) is 5.33. The first-order chi connectivity index (χ1) is 11.0. The van der Waals surface area contributed by atoms with E-state index in [2.05, 4.69) is 50.6 Å². The van der Waals surface area contributed by atoms with Gasteiger partial charge in [0.1, 0.15) is 12.4 Å². The van der Waals surface area contributed by atoms with Crippen LogP contribution in [-0.4, -0.2) is 5.91 Å². The Bertz CT molecular complexity index is 728. The van der Waals surface area contributed by atoms with Crippen molar-refractivity contribution in [2.45, 2.75) is 6.61 Å². The van der Waals surface area contributed by atoms with Crippen molar-refractivity contribution in [2.75, 3.05) is 0 Å². The second kappa shape index (κ2) is 8.86. The van der Waals surface area contributed by atoms with Crippen molar-refractivity contribution in [3.05, 3.63) is 65.8 Å². The van der Waals surface area contributed by atoms with Gasteiger partial charge >= 0.3 is 0 Å². The highest BCUT2D eigenvalue weighted by atomic mass is 127. The predicted molar refractivity (Wildman–Crippen MR) is 109 cm³/mol. The number of hydrazine groups is 1. The van der Waals surface area contributed by atoms with Crippen LogP contribution in [0.3, 0.4) is 0 Å². The Morgan fingerprint density at radius 1 is 1.26 bits per heavy atom. The zero-order valence-corrected chi connectivity index (χ0v) is 16.9. The number of nitrogens with two attached hydrogens (primary N) is 1. The number of carbonyl (C=O) groups excluding carboxylic acids is 1. The van der Waals surface area contributed by atoms with E-state index in [1.165, 1.54) is 6.08 Å². The zero-order chi connectivity index (χ0) is 16.8. The molecule has 2 rings (SSSR count). The van der Waals surface area contributed by atoms with Crippen molar-refractivity contribution in [1.29, 1.82) is 0 Å². The molecule has 0 aromatic heterocycles. The second-order valence-electron chi connectivity index (χ2n) is 4.54. The Morgan fingerprint density at radius 3 is 2.52 bits per heavy atom. The summed E-state index contributed by atoms with van der Waals surface area (Å²) in [6, 6.07) is 11.5. The van der Waals surface area contributed by atoms with Crippen LogP contribution in [0.4, 0.5) is 0 Å². The van der Waals surface area contributed by atoms with Gasteiger partial charge in [-0.05, 0) is 75.0 Å². The lowest BCUT2D eigenvalue weighted by Gasteiger charge is -2.12. The molecule has 2 aromatic carbocycles. The molecule has 0 aliphatic heterocycles. The van der Waals surface area contributed by atoms with Crippen LogP contribution in [0.25, 0.3) is 6.08 Å². The molecule has 0 atom stereocenters. The predicted octanol–water partition coefficient (Wildman–Crippen LogP) is 4.13. The summed E-state index contributed by atoms with van der Waals surface area (Å²) in [5.41, 5.74) is 3.88. The van der Waals surface area contributed by atoms with Gasteiger partial charge in [0, 0.05) is 16.7 Å². The zero-order valence-electron chi connectivity index (χ0n) is 11.9. The summed E-state index contributed by atoms with van der Waals surface area (Å²) in [5.74, 6) is 5.49. The second-order valence-corrected chi connectivity index (χ2v) is 7.27. The summed E-state index contributed by atoms with van der Waals surface area (Å²) < 4.78 is 7.82. The first-order valence-electron chi connectivity index (χ1n) is 6.55. The van der Waals surface area contributed by atoms with Gasteiger partial charge in [-0.2, -0.15) is 0 Å². The van der Waals surface area contributed by atoms with Crippen LogP contribution < -0.4 is 16.0 Å². The van der Waals surface area contributed by atoms with Gasteiger partial charge in [0.25, 0.3) is 5.91 Å². The smallest absolute Gasteiger partial charge is 0.257 e. The Morgan fingerprint density at radius 2 is 1.91 bits per heavy atom. The van der Waals surface area contributed by atoms with Gasteiger partial charge in [0.2, 0.25) is 0 Å². The van der Waals surface area contributed by atoms with Crippen molar-refractivity contribution in [3.8, 4) is 5.75 Å². The Hall–Kier alpha value is -0.840. The maximum absolute atomic E-state index is 11.1. The number of hydrogen-bond donors (Lipinski definition) is 2. The molecule has 0 bridgehead atoms. The molecule has 0 unspecified atom stereocenters. The SMILES string of the molecule is NNC(=O)/C=C/c1cc(I)c(OCc2ccccc2Cl)c(I)c1. The first kappa shape index (κ1) is 18.5. The number of rotatable bonds is 5. The summed E-state index contributed by atoms with van der Waals surface area (Å²) in [6.45, 7) is 0.399. The minimum Gasteiger partial charge on any atom is -0.487 e. The third-order valence-corrected chi connectivity index (χ3v) is 4.89. The molecule has 0 fully saturated rings. The molecular weight excluding hydrogens is 541 g/mol. The Kier molecular flexibility index (Phi) is 7.12. The molecule has 7 heteroatoms. The number of benzene rings is 2. The minimum absolute atomic E-state index is 0.353. The van der Waals surface area contributed by atoms with Crippen LogP contribution in [-0.2, 0) is 11.4 Å². The van der Waals surface area contributed by atoms with Crippen LogP contribution >= 0.6 is 56.8 Å². The number of carbonyl (C=O) groups is 1. The molecule has 2 aromatic rings. The van der Waals surface area contributed by atoms with E-state index in [1.807, 2.05) is 36.4 Å². The molecule has 23 heavy (non-hydrogen) atoms. The molecule has 0 aliphatic carbocycles. The van der Waals surface area contributed by atoms with Crippen molar-refractivity contribution in [3.63, 3.8) is 0 Å². The van der Waals surface area contributed by atoms with Crippen molar-refractivity contribution >= 4 is 68.8 Å². The molecule has 4 nitrogen and oxygen atoms in total. The molecule has 0 aliphatic rings. The van der Waals surface area contributed by atoms with Crippen LogP contribution in [0.15, 0.2) is 42.5 Å². The fourth-order valence-corrected chi connectivity index (χ4v) is 4.12. The molecule has 0 saturated carbocycles. The van der Waals surface area contributed by atoms with Crippen molar-refractivity contribution in [2.24, 2.45) is 5.84 Å². The molecule has 0 heterocycles. The third-order valence-electron chi connectivity index (χ3n) is 2.92. The van der Waals surface area contributed by atoms with E-state index in [0.717, 1.165) is 24.0 Å². The van der Waals surface area contributed by atoms with Crippen molar-refractivity contribution in [1.82, 2.24) is 5.43 Å². The monoisotopic (exact) mass is 554 g/mol. The van der Waals surface area contributed by atoms with Crippen LogP contribution in [0, 0.1) is 7.14 Å². The van der Waals surface area contributed by atoms with E-state index in [-0.39, 0.29) is 5.91 Å². The summed E-state index contributed by atoms with van der Waals surface area (Å²) in [4.78, 5) is 11.1. The molecule has 1 amide bonds. The quantitative estimate of drug-likeness (QED) is 0.192. The number of nitrogens with one attached hydrogen (secondary N) is 1. The Balaban J connectivity index is 2.16. The van der Waals surface area contributed by atoms with Crippen LogP contribution in [0.1, 0.15) is 11.1 Å². The molecule has 0 radical (unpaired) electrons. The lowest BCUT2D eigenvalue weighted by molar-refractivity contribution is -0.116. The van der Waals surface area contributed by atoms with Gasteiger partial charge in [-0.15, -0.1) is 0 Å². The van der Waals surface area contributed by atoms with Gasteiger partial charge < -0.3 is 4.74 Å². The first-order valence-corrected chi connectivity index (χ1v) is 9.08. The maximum Gasteiger partial charge on any atom is 0.257 e. The summed E-state index contributed by atoms with van der Waals surface area (Å²) >= 11 is 10.6. The average molecular weight is 555 g/mol. The van der Waals surface area contributed by atoms with E-state index in [0.29, 0.717) is 11.6 Å². The summed E-state index contributed by atoms with van der Waals surface area (Å²) in [6.07, 6.45) is 3.08.